The summed E-state index contributed by atoms with van der Waals surface area (Å²) in [5, 5.41) is 19.4. The maximum Gasteiger partial charge on any atom is 0.300 e. The minimum absolute atomic E-state index is 0.0401. The van der Waals surface area contributed by atoms with Gasteiger partial charge in [0.05, 0.1) is 18.6 Å². The molecule has 1 fully saturated rings. The summed E-state index contributed by atoms with van der Waals surface area (Å²) < 4.78 is 2.21. The molecule has 156 valence electrons. The number of amides is 1. The van der Waals surface area contributed by atoms with Crippen molar-refractivity contribution in [2.24, 2.45) is 0 Å². The molecule has 0 aliphatic carbocycles. The van der Waals surface area contributed by atoms with Crippen LogP contribution >= 0.6 is 0 Å². The molecule has 0 unspecified atom stereocenters. The van der Waals surface area contributed by atoms with Crippen LogP contribution in [0.4, 0.5) is 0 Å². The van der Waals surface area contributed by atoms with E-state index in [9.17, 15) is 4.79 Å². The predicted octanol–water partition coefficient (Wildman–Crippen LogP) is 1.95. The highest BCUT2D eigenvalue weighted by atomic mass is 16.4. The molecule has 1 amide bonds. The number of aliphatic carboxylic acids is 1. The topological polar surface area (TPSA) is 100 Å². The number of nitrogens with zero attached hydrogens (tertiary/aromatic N) is 4. The molecule has 0 radical (unpaired) electrons. The first kappa shape index (κ1) is 21.0. The second-order valence-electron chi connectivity index (χ2n) is 7.62. The first-order valence-corrected chi connectivity index (χ1v) is 10.1. The Labute approximate surface area is 170 Å². The SMILES string of the molecule is CC(=O)O.Cc1nnc2n1[C@H](Cc1ccccc1)CN(C(=O)[C@H]1CCCCN1)C2. The average molecular weight is 399 g/mol. The first-order chi connectivity index (χ1) is 14.0. The van der Waals surface area contributed by atoms with E-state index in [4.69, 9.17) is 9.90 Å². The highest BCUT2D eigenvalue weighted by molar-refractivity contribution is 5.82. The second kappa shape index (κ2) is 9.65. The summed E-state index contributed by atoms with van der Waals surface area (Å²) in [7, 11) is 0. The fourth-order valence-corrected chi connectivity index (χ4v) is 4.06. The van der Waals surface area contributed by atoms with Gasteiger partial charge in [0.15, 0.2) is 5.82 Å². The third kappa shape index (κ3) is 5.41. The number of aryl methyl sites for hydroxylation is 1. The van der Waals surface area contributed by atoms with Crippen molar-refractivity contribution in [1.82, 2.24) is 25.0 Å². The first-order valence-electron chi connectivity index (χ1n) is 10.1. The number of nitrogens with one attached hydrogen (secondary N) is 1. The van der Waals surface area contributed by atoms with Crippen LogP contribution in [-0.4, -0.2) is 55.8 Å². The van der Waals surface area contributed by atoms with Gasteiger partial charge in [-0.2, -0.15) is 0 Å². The Morgan fingerprint density at radius 1 is 1.21 bits per heavy atom. The van der Waals surface area contributed by atoms with Crippen LogP contribution in [-0.2, 0) is 22.6 Å². The Morgan fingerprint density at radius 2 is 1.93 bits per heavy atom. The van der Waals surface area contributed by atoms with E-state index in [0.29, 0.717) is 6.54 Å². The zero-order chi connectivity index (χ0) is 20.8. The maximum atomic E-state index is 13.0. The van der Waals surface area contributed by atoms with E-state index in [2.05, 4.69) is 44.3 Å². The van der Waals surface area contributed by atoms with Gasteiger partial charge in [-0.3, -0.25) is 9.59 Å². The van der Waals surface area contributed by atoms with Crippen molar-refractivity contribution in [3.63, 3.8) is 0 Å². The molecule has 2 aliphatic heterocycles. The van der Waals surface area contributed by atoms with Crippen molar-refractivity contribution in [3.8, 4) is 0 Å². The van der Waals surface area contributed by atoms with Crippen LogP contribution < -0.4 is 5.32 Å². The highest BCUT2D eigenvalue weighted by Crippen LogP contribution is 2.26. The number of aromatic nitrogens is 3. The molecule has 2 aromatic rings. The third-order valence-corrected chi connectivity index (χ3v) is 5.30. The minimum atomic E-state index is -0.833. The van der Waals surface area contributed by atoms with Crippen LogP contribution in [0.15, 0.2) is 30.3 Å². The quantitative estimate of drug-likeness (QED) is 0.818. The molecular formula is C21H29N5O3. The number of hydrogen-bond acceptors (Lipinski definition) is 5. The zero-order valence-corrected chi connectivity index (χ0v) is 17.0. The number of hydrogen-bond donors (Lipinski definition) is 2. The zero-order valence-electron chi connectivity index (χ0n) is 17.0. The Hall–Kier alpha value is -2.74. The number of carboxylic acids is 1. The van der Waals surface area contributed by atoms with E-state index in [1.54, 1.807) is 0 Å². The van der Waals surface area contributed by atoms with Crippen LogP contribution in [0.1, 0.15) is 49.4 Å². The summed E-state index contributed by atoms with van der Waals surface area (Å²) in [5.74, 6) is 1.21. The van der Waals surface area contributed by atoms with E-state index >= 15 is 0 Å². The second-order valence-corrected chi connectivity index (χ2v) is 7.62. The average Bonchev–Trinajstić information content (AvgIpc) is 3.09. The van der Waals surface area contributed by atoms with Crippen molar-refractivity contribution >= 4 is 11.9 Å². The smallest absolute Gasteiger partial charge is 0.300 e. The summed E-state index contributed by atoms with van der Waals surface area (Å²) in [6, 6.07) is 10.6. The fourth-order valence-electron chi connectivity index (χ4n) is 4.06. The Bertz CT molecular complexity index is 826. The molecule has 29 heavy (non-hydrogen) atoms. The lowest BCUT2D eigenvalue weighted by Gasteiger charge is -2.37. The number of rotatable bonds is 3. The van der Waals surface area contributed by atoms with Crippen LogP contribution in [0.3, 0.4) is 0 Å². The summed E-state index contributed by atoms with van der Waals surface area (Å²) in [6.45, 7) is 5.29. The Morgan fingerprint density at radius 3 is 2.59 bits per heavy atom. The molecule has 8 heteroatoms. The molecular weight excluding hydrogens is 370 g/mol. The van der Waals surface area contributed by atoms with Crippen LogP contribution in [0, 0.1) is 6.92 Å². The molecule has 8 nitrogen and oxygen atoms in total. The van der Waals surface area contributed by atoms with Crippen molar-refractivity contribution in [2.45, 2.75) is 58.2 Å². The molecule has 1 aromatic carbocycles. The molecule has 1 saturated heterocycles. The lowest BCUT2D eigenvalue weighted by molar-refractivity contribution is -0.136. The van der Waals surface area contributed by atoms with Crippen LogP contribution in [0.5, 0.6) is 0 Å². The molecule has 0 spiro atoms. The van der Waals surface area contributed by atoms with Gasteiger partial charge in [-0.1, -0.05) is 36.8 Å². The Kier molecular flexibility index (Phi) is 6.98. The molecule has 0 saturated carbocycles. The molecule has 3 heterocycles. The standard InChI is InChI=1S/C19H25N5O.C2H4O2/c1-14-21-22-18-13-23(19(25)17-9-5-6-10-20-17)12-16(24(14)18)11-15-7-3-2-4-8-15;1-2(3)4/h2-4,7-8,16-17,20H,5-6,9-13H2,1H3;1H3,(H,3,4)/t16-,17-;/m1./s1. The number of fused-ring (bicyclic) bond motifs is 1. The van der Waals surface area contributed by atoms with Gasteiger partial charge < -0.3 is 19.9 Å². The molecule has 0 bridgehead atoms. The molecule has 2 atom stereocenters. The van der Waals surface area contributed by atoms with Gasteiger partial charge >= 0.3 is 0 Å². The van der Waals surface area contributed by atoms with E-state index in [0.717, 1.165) is 57.3 Å². The molecule has 2 N–H and O–H groups in total. The van der Waals surface area contributed by atoms with Gasteiger partial charge in [0.1, 0.15) is 5.82 Å². The Balaban J connectivity index is 0.000000552. The summed E-state index contributed by atoms with van der Waals surface area (Å²) in [4.78, 5) is 23.9. The van der Waals surface area contributed by atoms with Crippen LogP contribution in [0.2, 0.25) is 0 Å². The van der Waals surface area contributed by atoms with Crippen molar-refractivity contribution in [2.75, 3.05) is 13.1 Å². The fraction of sp³-hybridized carbons (Fsp3) is 0.524. The number of carbonyl (C=O) groups excluding carboxylic acids is 1. The summed E-state index contributed by atoms with van der Waals surface area (Å²) >= 11 is 0. The largest absolute Gasteiger partial charge is 0.481 e. The van der Waals surface area contributed by atoms with Gasteiger partial charge in [-0.05, 0) is 38.3 Å². The van der Waals surface area contributed by atoms with E-state index in [-0.39, 0.29) is 18.0 Å². The number of carbonyl (C=O) groups is 2. The van der Waals surface area contributed by atoms with Crippen molar-refractivity contribution in [3.05, 3.63) is 47.5 Å². The lowest BCUT2D eigenvalue weighted by Crippen LogP contribution is -2.51. The van der Waals surface area contributed by atoms with Gasteiger partial charge in [-0.25, -0.2) is 0 Å². The van der Waals surface area contributed by atoms with E-state index in [1.165, 1.54) is 5.56 Å². The molecule has 1 aromatic heterocycles. The van der Waals surface area contributed by atoms with Crippen LogP contribution in [0.25, 0.3) is 0 Å². The van der Waals surface area contributed by atoms with Crippen molar-refractivity contribution in [1.29, 1.82) is 0 Å². The number of benzene rings is 1. The van der Waals surface area contributed by atoms with E-state index in [1.807, 2.05) is 17.9 Å². The molecule has 2 aliphatic rings. The number of piperidine rings is 1. The maximum absolute atomic E-state index is 13.0. The van der Waals surface area contributed by atoms with Gasteiger partial charge in [0.25, 0.3) is 5.97 Å². The van der Waals surface area contributed by atoms with Gasteiger partial charge in [0, 0.05) is 13.5 Å². The minimum Gasteiger partial charge on any atom is -0.481 e. The molecule has 4 rings (SSSR count). The summed E-state index contributed by atoms with van der Waals surface area (Å²) in [6.07, 6.45) is 4.10. The highest BCUT2D eigenvalue weighted by Gasteiger charge is 2.34. The lowest BCUT2D eigenvalue weighted by atomic mass is 10.0. The predicted molar refractivity (Wildman–Crippen MR) is 108 cm³/mol. The van der Waals surface area contributed by atoms with E-state index < -0.39 is 5.97 Å². The monoisotopic (exact) mass is 399 g/mol. The summed E-state index contributed by atoms with van der Waals surface area (Å²) in [5.41, 5.74) is 1.27. The van der Waals surface area contributed by atoms with Crippen molar-refractivity contribution < 1.29 is 14.7 Å². The van der Waals surface area contributed by atoms with Gasteiger partial charge in [0.2, 0.25) is 5.91 Å². The normalized spacial score (nSPS) is 21.0. The third-order valence-electron chi connectivity index (χ3n) is 5.30. The van der Waals surface area contributed by atoms with Gasteiger partial charge in [-0.15, -0.1) is 10.2 Å². The number of carboxylic acid groups (broad SMARTS) is 1.